The van der Waals surface area contributed by atoms with Crippen molar-refractivity contribution in [3.63, 3.8) is 0 Å². The number of hydrogen-bond acceptors (Lipinski definition) is 3. The quantitative estimate of drug-likeness (QED) is 0.482. The molecule has 0 saturated carbocycles. The van der Waals surface area contributed by atoms with Gasteiger partial charge in [-0.15, -0.1) is 0 Å². The summed E-state index contributed by atoms with van der Waals surface area (Å²) in [7, 11) is 0. The SMILES string of the molecule is O=C(CC1CCNCC1)OCI. The summed E-state index contributed by atoms with van der Waals surface area (Å²) < 4.78 is 5.35. The van der Waals surface area contributed by atoms with Gasteiger partial charge in [-0.1, -0.05) is 0 Å². The van der Waals surface area contributed by atoms with E-state index in [4.69, 9.17) is 4.74 Å². The minimum absolute atomic E-state index is 0.0451. The van der Waals surface area contributed by atoms with E-state index >= 15 is 0 Å². The maximum atomic E-state index is 11.1. The smallest absolute Gasteiger partial charge is 0.306 e. The Morgan fingerprint density at radius 2 is 2.17 bits per heavy atom. The maximum absolute atomic E-state index is 11.1. The second kappa shape index (κ2) is 5.75. The molecule has 12 heavy (non-hydrogen) atoms. The predicted octanol–water partition coefficient (Wildman–Crippen LogP) is 1.31. The molecule has 0 amide bonds. The Kier molecular flexibility index (Phi) is 4.90. The van der Waals surface area contributed by atoms with E-state index in [2.05, 4.69) is 5.32 Å². The van der Waals surface area contributed by atoms with Gasteiger partial charge in [0.15, 0.2) is 0 Å². The third-order valence-corrected chi connectivity index (χ3v) is 2.44. The van der Waals surface area contributed by atoms with E-state index in [1.807, 2.05) is 22.6 Å². The van der Waals surface area contributed by atoms with Crippen LogP contribution >= 0.6 is 22.6 Å². The number of nitrogens with one attached hydrogen (secondary N) is 1. The van der Waals surface area contributed by atoms with E-state index < -0.39 is 0 Å². The lowest BCUT2D eigenvalue weighted by atomic mass is 9.95. The van der Waals surface area contributed by atoms with Crippen LogP contribution in [0.3, 0.4) is 0 Å². The first kappa shape index (κ1) is 10.2. The normalized spacial score (nSPS) is 19.1. The van der Waals surface area contributed by atoms with Crippen LogP contribution in [0.2, 0.25) is 0 Å². The minimum Gasteiger partial charge on any atom is -0.455 e. The molecule has 0 atom stereocenters. The molecule has 1 heterocycles. The van der Waals surface area contributed by atoms with Crippen molar-refractivity contribution in [2.75, 3.05) is 17.7 Å². The van der Waals surface area contributed by atoms with Gasteiger partial charge in [-0.05, 0) is 54.4 Å². The molecule has 0 radical (unpaired) electrons. The molecule has 0 aliphatic carbocycles. The number of carbonyl (C=O) groups excluding carboxylic acids is 1. The van der Waals surface area contributed by atoms with Crippen LogP contribution in [0.5, 0.6) is 0 Å². The summed E-state index contributed by atoms with van der Waals surface area (Å²) in [5.41, 5.74) is 0. The molecule has 1 aliphatic heterocycles. The molecule has 0 aromatic carbocycles. The van der Waals surface area contributed by atoms with Crippen molar-refractivity contribution in [3.8, 4) is 0 Å². The monoisotopic (exact) mass is 283 g/mol. The molecule has 1 rings (SSSR count). The van der Waals surface area contributed by atoms with E-state index in [0.717, 1.165) is 25.9 Å². The van der Waals surface area contributed by atoms with Gasteiger partial charge in [0.05, 0.1) is 0 Å². The molecule has 1 fully saturated rings. The van der Waals surface area contributed by atoms with Gasteiger partial charge in [-0.2, -0.15) is 0 Å². The standard InChI is InChI=1S/C8H14INO2/c9-6-12-8(11)5-7-1-3-10-4-2-7/h7,10H,1-6H2. The fraction of sp³-hybridized carbons (Fsp3) is 0.875. The molecule has 3 nitrogen and oxygen atoms in total. The lowest BCUT2D eigenvalue weighted by molar-refractivity contribution is -0.142. The number of alkyl halides is 1. The van der Waals surface area contributed by atoms with Crippen LogP contribution < -0.4 is 5.32 Å². The largest absolute Gasteiger partial charge is 0.455 e. The van der Waals surface area contributed by atoms with E-state index in [-0.39, 0.29) is 5.97 Å². The molecule has 0 spiro atoms. The fourth-order valence-corrected chi connectivity index (χ4v) is 1.79. The van der Waals surface area contributed by atoms with Crippen LogP contribution in [0.25, 0.3) is 0 Å². The summed E-state index contributed by atoms with van der Waals surface area (Å²) in [6.45, 7) is 2.09. The lowest BCUT2D eigenvalue weighted by Crippen LogP contribution is -2.29. The molecule has 0 aromatic heterocycles. The molecule has 4 heteroatoms. The molecule has 1 aliphatic rings. The molecular weight excluding hydrogens is 269 g/mol. The van der Waals surface area contributed by atoms with Crippen molar-refractivity contribution >= 4 is 28.6 Å². The van der Waals surface area contributed by atoms with Crippen molar-refractivity contribution in [3.05, 3.63) is 0 Å². The summed E-state index contributed by atoms with van der Waals surface area (Å²) >= 11 is 2.04. The molecule has 0 unspecified atom stereocenters. The van der Waals surface area contributed by atoms with Crippen LogP contribution in [0.1, 0.15) is 19.3 Å². The Hall–Kier alpha value is 0.160. The highest BCUT2D eigenvalue weighted by atomic mass is 127. The molecule has 1 saturated heterocycles. The Morgan fingerprint density at radius 1 is 1.50 bits per heavy atom. The number of hydrogen-bond donors (Lipinski definition) is 1. The number of carbonyl (C=O) groups is 1. The van der Waals surface area contributed by atoms with E-state index in [9.17, 15) is 4.79 Å². The number of ether oxygens (including phenoxy) is 1. The van der Waals surface area contributed by atoms with E-state index in [0.29, 0.717) is 17.0 Å². The molecule has 1 N–H and O–H groups in total. The highest BCUT2D eigenvalue weighted by Crippen LogP contribution is 2.16. The van der Waals surface area contributed by atoms with Crippen molar-refractivity contribution in [2.45, 2.75) is 19.3 Å². The zero-order valence-corrected chi connectivity index (χ0v) is 9.17. The predicted molar refractivity (Wildman–Crippen MR) is 55.2 cm³/mol. The highest BCUT2D eigenvalue weighted by Gasteiger charge is 2.16. The van der Waals surface area contributed by atoms with Gasteiger partial charge >= 0.3 is 5.97 Å². The van der Waals surface area contributed by atoms with Gasteiger partial charge in [0.1, 0.15) is 4.61 Å². The van der Waals surface area contributed by atoms with Gasteiger partial charge in [0.2, 0.25) is 0 Å². The topological polar surface area (TPSA) is 38.3 Å². The minimum atomic E-state index is -0.0451. The average Bonchev–Trinajstić information content (AvgIpc) is 2.06. The fourth-order valence-electron chi connectivity index (χ4n) is 1.44. The van der Waals surface area contributed by atoms with Crippen molar-refractivity contribution < 1.29 is 9.53 Å². The lowest BCUT2D eigenvalue weighted by Gasteiger charge is -2.21. The Balaban J connectivity index is 2.15. The van der Waals surface area contributed by atoms with Crippen LogP contribution in [0.4, 0.5) is 0 Å². The number of piperidine rings is 1. The third-order valence-electron chi connectivity index (χ3n) is 2.13. The Bertz CT molecular complexity index is 146. The van der Waals surface area contributed by atoms with E-state index in [1.165, 1.54) is 0 Å². The first-order chi connectivity index (χ1) is 5.83. The first-order valence-electron chi connectivity index (χ1n) is 4.25. The molecular formula is C8H14INO2. The van der Waals surface area contributed by atoms with Crippen LogP contribution in [-0.2, 0) is 9.53 Å². The highest BCUT2D eigenvalue weighted by molar-refractivity contribution is 14.1. The first-order valence-corrected chi connectivity index (χ1v) is 5.78. The number of esters is 1. The summed E-state index contributed by atoms with van der Waals surface area (Å²) in [4.78, 5) is 11.1. The van der Waals surface area contributed by atoms with Crippen LogP contribution in [0.15, 0.2) is 0 Å². The van der Waals surface area contributed by atoms with E-state index in [1.54, 1.807) is 0 Å². The maximum Gasteiger partial charge on any atom is 0.306 e. The summed E-state index contributed by atoms with van der Waals surface area (Å²) in [6, 6.07) is 0. The zero-order valence-electron chi connectivity index (χ0n) is 7.01. The summed E-state index contributed by atoms with van der Waals surface area (Å²) in [5, 5.41) is 3.27. The summed E-state index contributed by atoms with van der Waals surface area (Å²) in [6.07, 6.45) is 2.82. The molecule has 0 bridgehead atoms. The molecule has 0 aromatic rings. The average molecular weight is 283 g/mol. The Morgan fingerprint density at radius 3 is 2.75 bits per heavy atom. The van der Waals surface area contributed by atoms with Gasteiger partial charge in [-0.3, -0.25) is 4.79 Å². The third kappa shape index (κ3) is 3.71. The summed E-state index contributed by atoms with van der Waals surface area (Å²) in [5.74, 6) is 0.498. The number of rotatable bonds is 3. The second-order valence-corrected chi connectivity index (χ2v) is 3.65. The second-order valence-electron chi connectivity index (χ2n) is 3.02. The van der Waals surface area contributed by atoms with Gasteiger partial charge in [0, 0.05) is 6.42 Å². The zero-order chi connectivity index (χ0) is 8.81. The van der Waals surface area contributed by atoms with Crippen LogP contribution in [-0.4, -0.2) is 23.7 Å². The van der Waals surface area contributed by atoms with Crippen molar-refractivity contribution in [2.24, 2.45) is 5.92 Å². The van der Waals surface area contributed by atoms with Crippen LogP contribution in [0, 0.1) is 5.92 Å². The van der Waals surface area contributed by atoms with Gasteiger partial charge < -0.3 is 10.1 Å². The molecule has 70 valence electrons. The van der Waals surface area contributed by atoms with Gasteiger partial charge in [0.25, 0.3) is 0 Å². The Labute approximate surface area is 86.4 Å². The van der Waals surface area contributed by atoms with Crippen molar-refractivity contribution in [1.29, 1.82) is 0 Å². The van der Waals surface area contributed by atoms with Gasteiger partial charge in [-0.25, -0.2) is 0 Å². The number of halogens is 1. The van der Waals surface area contributed by atoms with Crippen molar-refractivity contribution in [1.82, 2.24) is 5.32 Å².